The highest BCUT2D eigenvalue weighted by Gasteiger charge is 2.16. The van der Waals surface area contributed by atoms with Crippen LogP contribution in [0.1, 0.15) is 34.6 Å². The van der Waals surface area contributed by atoms with Gasteiger partial charge in [0.25, 0.3) is 0 Å². The van der Waals surface area contributed by atoms with Crippen molar-refractivity contribution in [2.24, 2.45) is 5.73 Å². The van der Waals surface area contributed by atoms with E-state index in [9.17, 15) is 4.79 Å². The summed E-state index contributed by atoms with van der Waals surface area (Å²) in [7, 11) is 0. The van der Waals surface area contributed by atoms with Crippen LogP contribution in [0.2, 0.25) is 0 Å². The van der Waals surface area contributed by atoms with E-state index in [0.29, 0.717) is 5.57 Å². The molecule has 0 aliphatic carbocycles. The van der Waals surface area contributed by atoms with Gasteiger partial charge in [-0.2, -0.15) is 0 Å². The second-order valence-corrected chi connectivity index (χ2v) is 3.75. The summed E-state index contributed by atoms with van der Waals surface area (Å²) in [5.41, 5.74) is 5.09. The molecule has 0 aromatic carbocycles. The summed E-state index contributed by atoms with van der Waals surface area (Å²) >= 11 is 0. The maximum absolute atomic E-state index is 9.82. The summed E-state index contributed by atoms with van der Waals surface area (Å²) in [4.78, 5) is 9.82. The van der Waals surface area contributed by atoms with Gasteiger partial charge < -0.3 is 10.2 Å². The van der Waals surface area contributed by atoms with E-state index >= 15 is 0 Å². The minimum Gasteiger partial charge on any atom is -0.366 e. The molecular weight excluding hydrogens is 188 g/mol. The van der Waals surface area contributed by atoms with E-state index in [-0.39, 0.29) is 0 Å². The molecule has 2 N–H and O–H groups in total. The Bertz CT molecular complexity index is 166. The van der Waals surface area contributed by atoms with Crippen molar-refractivity contribution < 1.29 is 9.28 Å². The Balaban J connectivity index is 0. The molecule has 0 bridgehead atoms. The topological polar surface area (TPSA) is 43.1 Å². The number of quaternary nitrogens is 1. The number of nitrogens with two attached hydrogens (primary N) is 1. The molecule has 3 nitrogen and oxygen atoms in total. The Morgan fingerprint density at radius 1 is 1.07 bits per heavy atom. The van der Waals surface area contributed by atoms with Crippen molar-refractivity contribution in [3.05, 3.63) is 12.2 Å². The quantitative estimate of drug-likeness (QED) is 0.552. The van der Waals surface area contributed by atoms with Gasteiger partial charge in [-0.25, -0.2) is 0 Å². The van der Waals surface area contributed by atoms with E-state index in [1.807, 2.05) is 0 Å². The third kappa shape index (κ3) is 7.14. The first-order chi connectivity index (χ1) is 6.89. The van der Waals surface area contributed by atoms with Crippen molar-refractivity contribution in [2.45, 2.75) is 34.6 Å². The van der Waals surface area contributed by atoms with Gasteiger partial charge in [0.15, 0.2) is 0 Å². The Hall–Kier alpha value is -0.830. The molecule has 0 aliphatic rings. The highest BCUT2D eigenvalue weighted by Crippen LogP contribution is 2.03. The molecule has 0 rings (SSSR count). The van der Waals surface area contributed by atoms with Crippen molar-refractivity contribution in [2.75, 3.05) is 26.2 Å². The van der Waals surface area contributed by atoms with E-state index < -0.39 is 5.91 Å². The average molecular weight is 215 g/mol. The Kier molecular flexibility index (Phi) is 9.38. The molecular formula is C12H27N2O+. The SMILES string of the molecule is C=C(C)C(N)=O.CC[N+](CC)(CC)CC. The molecule has 0 aliphatic heterocycles. The van der Waals surface area contributed by atoms with Crippen molar-refractivity contribution in [3.63, 3.8) is 0 Å². The van der Waals surface area contributed by atoms with Crippen LogP contribution in [-0.4, -0.2) is 36.6 Å². The van der Waals surface area contributed by atoms with Crippen LogP contribution >= 0.6 is 0 Å². The maximum atomic E-state index is 9.82. The molecule has 0 unspecified atom stereocenters. The number of carbonyl (C=O) groups excluding carboxylic acids is 1. The third-order valence-electron chi connectivity index (χ3n) is 3.10. The van der Waals surface area contributed by atoms with E-state index in [0.717, 1.165) is 0 Å². The first-order valence-corrected chi connectivity index (χ1v) is 5.69. The Morgan fingerprint density at radius 2 is 1.27 bits per heavy atom. The molecule has 0 spiro atoms. The van der Waals surface area contributed by atoms with E-state index in [2.05, 4.69) is 34.3 Å². The third-order valence-corrected chi connectivity index (χ3v) is 3.10. The zero-order valence-corrected chi connectivity index (χ0v) is 11.0. The first kappa shape index (κ1) is 16.6. The molecule has 0 aromatic heterocycles. The smallest absolute Gasteiger partial charge is 0.243 e. The van der Waals surface area contributed by atoms with Gasteiger partial charge in [0.2, 0.25) is 5.91 Å². The van der Waals surface area contributed by atoms with Gasteiger partial charge in [-0.1, -0.05) is 6.58 Å². The van der Waals surface area contributed by atoms with Gasteiger partial charge in [-0.3, -0.25) is 4.79 Å². The largest absolute Gasteiger partial charge is 0.366 e. The predicted molar refractivity (Wildman–Crippen MR) is 66.4 cm³/mol. The number of nitrogens with zero attached hydrogens (tertiary/aromatic N) is 1. The lowest BCUT2D eigenvalue weighted by molar-refractivity contribution is -0.921. The monoisotopic (exact) mass is 215 g/mol. The summed E-state index contributed by atoms with van der Waals surface area (Å²) in [5.74, 6) is -0.435. The van der Waals surface area contributed by atoms with Crippen molar-refractivity contribution in [1.29, 1.82) is 0 Å². The molecule has 1 amide bonds. The number of hydrogen-bond acceptors (Lipinski definition) is 1. The summed E-state index contributed by atoms with van der Waals surface area (Å²) in [6.07, 6.45) is 0. The van der Waals surface area contributed by atoms with Gasteiger partial charge in [0.05, 0.1) is 26.2 Å². The van der Waals surface area contributed by atoms with Crippen LogP contribution < -0.4 is 5.73 Å². The van der Waals surface area contributed by atoms with Crippen LogP contribution in [0, 0.1) is 0 Å². The fraction of sp³-hybridized carbons (Fsp3) is 0.750. The minimum atomic E-state index is -0.435. The molecule has 90 valence electrons. The molecule has 0 aromatic rings. The average Bonchev–Trinajstić information content (AvgIpc) is 2.23. The number of primary amides is 1. The number of hydrogen-bond donors (Lipinski definition) is 1. The van der Waals surface area contributed by atoms with Crippen molar-refractivity contribution in [3.8, 4) is 0 Å². The molecule has 0 saturated carbocycles. The maximum Gasteiger partial charge on any atom is 0.243 e. The normalized spacial score (nSPS) is 10.2. The van der Waals surface area contributed by atoms with Gasteiger partial charge in [-0.15, -0.1) is 0 Å². The summed E-state index contributed by atoms with van der Waals surface area (Å²) < 4.78 is 1.28. The number of carbonyl (C=O) groups is 1. The van der Waals surface area contributed by atoms with Crippen molar-refractivity contribution in [1.82, 2.24) is 0 Å². The van der Waals surface area contributed by atoms with E-state index in [1.54, 1.807) is 6.92 Å². The fourth-order valence-corrected chi connectivity index (χ4v) is 1.34. The molecule has 0 fully saturated rings. The van der Waals surface area contributed by atoms with Gasteiger partial charge >= 0.3 is 0 Å². The second-order valence-electron chi connectivity index (χ2n) is 3.75. The molecule has 0 radical (unpaired) electrons. The lowest BCUT2D eigenvalue weighted by Gasteiger charge is -2.34. The molecule has 0 heterocycles. The second kappa shape index (κ2) is 8.48. The van der Waals surface area contributed by atoms with Crippen LogP contribution in [0.4, 0.5) is 0 Å². The van der Waals surface area contributed by atoms with Crippen molar-refractivity contribution >= 4 is 5.91 Å². The highest BCUT2D eigenvalue weighted by atomic mass is 16.1. The Morgan fingerprint density at radius 3 is 1.27 bits per heavy atom. The predicted octanol–water partition coefficient (Wildman–Crippen LogP) is 1.93. The molecule has 0 atom stereocenters. The van der Waals surface area contributed by atoms with Gasteiger partial charge in [0, 0.05) is 5.57 Å². The Labute approximate surface area is 94.5 Å². The van der Waals surface area contributed by atoms with Crippen LogP contribution in [0.15, 0.2) is 12.2 Å². The van der Waals surface area contributed by atoms with E-state index in [1.165, 1.54) is 30.7 Å². The molecule has 0 saturated heterocycles. The number of rotatable bonds is 5. The standard InChI is InChI=1S/C8H20N.C4H7NO/c1-5-9(6-2,7-3)8-4;1-3(2)4(5)6/h5-8H2,1-4H3;1H2,2H3,(H2,5,6)/q+1;. The van der Waals surface area contributed by atoms with Crippen LogP contribution in [0.25, 0.3) is 0 Å². The zero-order valence-electron chi connectivity index (χ0n) is 11.0. The van der Waals surface area contributed by atoms with E-state index in [4.69, 9.17) is 5.73 Å². The minimum absolute atomic E-state index is 0.398. The van der Waals surface area contributed by atoms with Crippen LogP contribution in [0.5, 0.6) is 0 Å². The summed E-state index contributed by atoms with van der Waals surface area (Å²) in [6, 6.07) is 0. The zero-order chi connectivity index (χ0) is 12.5. The molecule has 3 heteroatoms. The van der Waals surface area contributed by atoms with Crippen LogP contribution in [-0.2, 0) is 4.79 Å². The first-order valence-electron chi connectivity index (χ1n) is 5.69. The summed E-state index contributed by atoms with van der Waals surface area (Å²) in [6.45, 7) is 19.1. The summed E-state index contributed by atoms with van der Waals surface area (Å²) in [5, 5.41) is 0. The van der Waals surface area contributed by atoms with Gasteiger partial charge in [0.1, 0.15) is 0 Å². The lowest BCUT2D eigenvalue weighted by atomic mass is 10.3. The molecule has 15 heavy (non-hydrogen) atoms. The highest BCUT2D eigenvalue weighted by molar-refractivity contribution is 5.90. The van der Waals surface area contributed by atoms with Crippen LogP contribution in [0.3, 0.4) is 0 Å². The fourth-order valence-electron chi connectivity index (χ4n) is 1.34. The lowest BCUT2D eigenvalue weighted by Crippen LogP contribution is -2.47. The number of amides is 1. The van der Waals surface area contributed by atoms with Gasteiger partial charge in [-0.05, 0) is 34.6 Å².